The summed E-state index contributed by atoms with van der Waals surface area (Å²) in [5.41, 5.74) is 1.88. The third-order valence-corrected chi connectivity index (χ3v) is 3.79. The van der Waals surface area contributed by atoms with Crippen LogP contribution in [-0.2, 0) is 22.1 Å². The van der Waals surface area contributed by atoms with E-state index in [9.17, 15) is 8.42 Å². The Morgan fingerprint density at radius 1 is 1.35 bits per heavy atom. The number of nitrogens with one attached hydrogen (secondary N) is 1. The van der Waals surface area contributed by atoms with Crippen LogP contribution in [0.3, 0.4) is 0 Å². The summed E-state index contributed by atoms with van der Waals surface area (Å²) in [6.45, 7) is 2.42. The summed E-state index contributed by atoms with van der Waals surface area (Å²) in [5, 5.41) is 3.26. The molecule has 1 N–H and O–H groups in total. The van der Waals surface area contributed by atoms with Crippen molar-refractivity contribution in [3.8, 4) is 0 Å². The summed E-state index contributed by atoms with van der Waals surface area (Å²) in [6, 6.07) is 7.62. The predicted octanol–water partition coefficient (Wildman–Crippen LogP) is 1.24. The van der Waals surface area contributed by atoms with Crippen LogP contribution in [0.15, 0.2) is 29.3 Å². The fraction of sp³-hybridized carbons (Fsp3) is 0.462. The highest BCUT2D eigenvalue weighted by molar-refractivity contribution is 14.0. The van der Waals surface area contributed by atoms with Gasteiger partial charge in [-0.2, -0.15) is 0 Å². The number of hydrogen-bond acceptors (Lipinski definition) is 5. The molecule has 0 aromatic heterocycles. The first-order valence-electron chi connectivity index (χ1n) is 6.19. The fourth-order valence-corrected chi connectivity index (χ4v) is 2.82. The van der Waals surface area contributed by atoms with Crippen LogP contribution in [-0.4, -0.2) is 45.7 Å². The summed E-state index contributed by atoms with van der Waals surface area (Å²) in [6.07, 6.45) is 1.25. The number of guanidine groups is 1. The highest BCUT2D eigenvalue weighted by atomic mass is 127. The van der Waals surface area contributed by atoms with Crippen LogP contribution in [0, 0.1) is 0 Å². The first kappa shape index (κ1) is 17.2. The van der Waals surface area contributed by atoms with Gasteiger partial charge in [-0.3, -0.25) is 4.99 Å². The monoisotopic (exact) mass is 409 g/mol. The van der Waals surface area contributed by atoms with E-state index in [1.165, 1.54) is 6.26 Å². The predicted molar refractivity (Wildman–Crippen MR) is 92.2 cm³/mol. The van der Waals surface area contributed by atoms with E-state index < -0.39 is 9.84 Å². The minimum absolute atomic E-state index is 0. The second-order valence-corrected chi connectivity index (χ2v) is 7.01. The average Bonchev–Trinajstić information content (AvgIpc) is 2.70. The van der Waals surface area contributed by atoms with Gasteiger partial charge in [0.2, 0.25) is 0 Å². The molecule has 0 spiro atoms. The number of nitrogens with zero attached hydrogens (tertiary/aromatic N) is 2. The van der Waals surface area contributed by atoms with Crippen molar-refractivity contribution >= 4 is 39.8 Å². The summed E-state index contributed by atoms with van der Waals surface area (Å²) in [4.78, 5) is 6.42. The number of halogens is 1. The van der Waals surface area contributed by atoms with Crippen molar-refractivity contribution in [2.24, 2.45) is 4.99 Å². The molecular formula is C13H20IN3O2S. The molecule has 7 heteroatoms. The first-order chi connectivity index (χ1) is 8.94. The van der Waals surface area contributed by atoms with Crippen molar-refractivity contribution in [3.05, 3.63) is 35.4 Å². The molecule has 0 saturated carbocycles. The van der Waals surface area contributed by atoms with E-state index in [0.717, 1.165) is 30.2 Å². The SMILES string of the molecule is CN1CCN=C1NCc1cccc(CS(C)(=O)=O)c1.I. The number of rotatable bonds is 4. The molecule has 5 nitrogen and oxygen atoms in total. The normalized spacial score (nSPS) is 14.7. The van der Waals surface area contributed by atoms with E-state index in [0.29, 0.717) is 6.54 Å². The smallest absolute Gasteiger partial charge is 0.194 e. The first-order valence-corrected chi connectivity index (χ1v) is 8.25. The van der Waals surface area contributed by atoms with Gasteiger partial charge in [-0.15, -0.1) is 24.0 Å². The van der Waals surface area contributed by atoms with Crippen molar-refractivity contribution in [1.82, 2.24) is 10.2 Å². The summed E-state index contributed by atoms with van der Waals surface area (Å²) >= 11 is 0. The molecule has 0 amide bonds. The summed E-state index contributed by atoms with van der Waals surface area (Å²) in [5.74, 6) is 0.982. The second-order valence-electron chi connectivity index (χ2n) is 4.87. The van der Waals surface area contributed by atoms with Crippen LogP contribution in [0.2, 0.25) is 0 Å². The van der Waals surface area contributed by atoms with Gasteiger partial charge < -0.3 is 10.2 Å². The van der Waals surface area contributed by atoms with Crippen molar-refractivity contribution < 1.29 is 8.42 Å². The number of likely N-dealkylation sites (N-methyl/N-ethyl adjacent to an activating group) is 1. The van der Waals surface area contributed by atoms with Gasteiger partial charge in [0, 0.05) is 26.4 Å². The molecule has 1 heterocycles. The zero-order chi connectivity index (χ0) is 13.9. The standard InChI is InChI=1S/C13H19N3O2S.HI/c1-16-7-6-14-13(16)15-9-11-4-3-5-12(8-11)10-19(2,17)18;/h3-5,8H,6-7,9-10H2,1-2H3,(H,14,15);1H. The van der Waals surface area contributed by atoms with Crippen molar-refractivity contribution in [3.63, 3.8) is 0 Å². The molecule has 1 aromatic rings. The average molecular weight is 409 g/mol. The lowest BCUT2D eigenvalue weighted by molar-refractivity contribution is 0.534. The zero-order valence-corrected chi connectivity index (χ0v) is 14.8. The van der Waals surface area contributed by atoms with Crippen LogP contribution in [0.4, 0.5) is 0 Å². The largest absolute Gasteiger partial charge is 0.352 e. The van der Waals surface area contributed by atoms with Gasteiger partial charge in [0.25, 0.3) is 0 Å². The van der Waals surface area contributed by atoms with E-state index in [2.05, 4.69) is 15.2 Å². The van der Waals surface area contributed by atoms with Gasteiger partial charge in [0.15, 0.2) is 15.8 Å². The van der Waals surface area contributed by atoms with E-state index in [1.807, 2.05) is 31.3 Å². The van der Waals surface area contributed by atoms with Crippen LogP contribution in [0.25, 0.3) is 0 Å². The Labute approximate surface area is 137 Å². The molecule has 1 aliphatic rings. The topological polar surface area (TPSA) is 61.8 Å². The molecule has 1 aromatic carbocycles. The Morgan fingerprint density at radius 2 is 2.05 bits per heavy atom. The number of benzene rings is 1. The maximum Gasteiger partial charge on any atom is 0.194 e. The third kappa shape index (κ3) is 5.28. The molecule has 0 saturated heterocycles. The summed E-state index contributed by atoms with van der Waals surface area (Å²) < 4.78 is 22.6. The van der Waals surface area contributed by atoms with Crippen molar-refractivity contribution in [2.45, 2.75) is 12.3 Å². The number of hydrogen-bond donors (Lipinski definition) is 1. The molecule has 0 atom stereocenters. The van der Waals surface area contributed by atoms with E-state index in [-0.39, 0.29) is 29.7 Å². The quantitative estimate of drug-likeness (QED) is 0.761. The second kappa shape index (κ2) is 7.26. The molecule has 2 rings (SSSR count). The van der Waals surface area contributed by atoms with Crippen LogP contribution in [0.1, 0.15) is 11.1 Å². The van der Waals surface area contributed by atoms with Crippen molar-refractivity contribution in [2.75, 3.05) is 26.4 Å². The lowest BCUT2D eigenvalue weighted by Crippen LogP contribution is -2.35. The molecule has 0 aliphatic carbocycles. The Hall–Kier alpha value is -0.830. The molecule has 1 aliphatic heterocycles. The van der Waals surface area contributed by atoms with Gasteiger partial charge >= 0.3 is 0 Å². The van der Waals surface area contributed by atoms with Gasteiger partial charge in [0.1, 0.15) is 0 Å². The Morgan fingerprint density at radius 3 is 2.65 bits per heavy atom. The number of aliphatic imine (C=N–C) groups is 1. The van der Waals surface area contributed by atoms with Gasteiger partial charge in [-0.1, -0.05) is 24.3 Å². The molecule has 0 radical (unpaired) electrons. The lowest BCUT2D eigenvalue weighted by atomic mass is 10.1. The van der Waals surface area contributed by atoms with Gasteiger partial charge in [0.05, 0.1) is 12.3 Å². The maximum absolute atomic E-state index is 11.3. The zero-order valence-electron chi connectivity index (χ0n) is 11.7. The van der Waals surface area contributed by atoms with Gasteiger partial charge in [-0.25, -0.2) is 8.42 Å². The third-order valence-electron chi connectivity index (χ3n) is 2.93. The Kier molecular flexibility index (Phi) is 6.25. The molecule has 112 valence electrons. The van der Waals surface area contributed by atoms with Gasteiger partial charge in [-0.05, 0) is 11.1 Å². The van der Waals surface area contributed by atoms with E-state index >= 15 is 0 Å². The van der Waals surface area contributed by atoms with Crippen LogP contribution < -0.4 is 5.32 Å². The Bertz CT molecular complexity index is 587. The highest BCUT2D eigenvalue weighted by Gasteiger charge is 2.11. The maximum atomic E-state index is 11.3. The molecule has 0 bridgehead atoms. The molecule has 0 fully saturated rings. The minimum Gasteiger partial charge on any atom is -0.352 e. The molecule has 0 unspecified atom stereocenters. The van der Waals surface area contributed by atoms with E-state index in [1.54, 1.807) is 0 Å². The fourth-order valence-electron chi connectivity index (χ4n) is 2.04. The molecule has 20 heavy (non-hydrogen) atoms. The highest BCUT2D eigenvalue weighted by Crippen LogP contribution is 2.09. The van der Waals surface area contributed by atoms with Crippen LogP contribution in [0.5, 0.6) is 0 Å². The molecular weight excluding hydrogens is 389 g/mol. The van der Waals surface area contributed by atoms with Crippen LogP contribution >= 0.6 is 24.0 Å². The van der Waals surface area contributed by atoms with E-state index in [4.69, 9.17) is 0 Å². The lowest BCUT2D eigenvalue weighted by Gasteiger charge is -2.15. The minimum atomic E-state index is -2.99. The summed E-state index contributed by atoms with van der Waals surface area (Å²) in [7, 11) is -0.987. The Balaban J connectivity index is 0.00000200. The van der Waals surface area contributed by atoms with Crippen molar-refractivity contribution in [1.29, 1.82) is 0 Å². The number of sulfone groups is 1.